The van der Waals surface area contributed by atoms with Gasteiger partial charge in [-0.15, -0.1) is 0 Å². The second-order valence-electron chi connectivity index (χ2n) is 4.84. The second kappa shape index (κ2) is 6.83. The Bertz CT molecular complexity index is 529. The molecule has 0 aliphatic heterocycles. The van der Waals surface area contributed by atoms with Crippen molar-refractivity contribution in [2.45, 2.75) is 31.7 Å². The van der Waals surface area contributed by atoms with Crippen LogP contribution in [0.4, 0.5) is 0 Å². The Morgan fingerprint density at radius 1 is 1.37 bits per heavy atom. The summed E-state index contributed by atoms with van der Waals surface area (Å²) in [5, 5.41) is 0. The Morgan fingerprint density at radius 3 is 2.47 bits per heavy atom. The minimum absolute atomic E-state index is 0.159. The molecule has 0 aliphatic rings. The Morgan fingerprint density at radius 2 is 2.00 bits per heavy atom. The first-order valence-electron chi connectivity index (χ1n) is 6.05. The van der Waals surface area contributed by atoms with E-state index >= 15 is 0 Å². The summed E-state index contributed by atoms with van der Waals surface area (Å²) in [5.41, 5.74) is 0.885. The van der Waals surface area contributed by atoms with Crippen LogP contribution in [0.3, 0.4) is 0 Å². The molecule has 6 heteroatoms. The topological polar surface area (TPSA) is 55.4 Å². The lowest BCUT2D eigenvalue weighted by molar-refractivity contribution is 0.157. The van der Waals surface area contributed by atoms with Gasteiger partial charge in [0.2, 0.25) is 10.0 Å². The molecule has 0 spiro atoms. The maximum atomic E-state index is 12.3. The van der Waals surface area contributed by atoms with E-state index in [4.69, 9.17) is 4.74 Å². The molecule has 0 aliphatic carbocycles. The zero-order chi connectivity index (χ0) is 14.6. The molecule has 0 saturated carbocycles. The molecule has 0 radical (unpaired) electrons. The van der Waals surface area contributed by atoms with E-state index < -0.39 is 10.0 Å². The van der Waals surface area contributed by atoms with Crippen LogP contribution in [0.2, 0.25) is 0 Å². The molecule has 0 aromatic heterocycles. The minimum atomic E-state index is -3.52. The maximum Gasteiger partial charge on any atom is 0.240 e. The predicted octanol–water partition coefficient (Wildman–Crippen LogP) is 2.71. The molecule has 108 valence electrons. The molecule has 0 bridgehead atoms. The Hall–Kier alpha value is -0.430. The number of aryl methyl sites for hydroxylation is 1. The molecule has 19 heavy (non-hydrogen) atoms. The number of ether oxygens (including phenoxy) is 1. The van der Waals surface area contributed by atoms with Crippen molar-refractivity contribution in [1.29, 1.82) is 0 Å². The normalized spacial score (nSPS) is 13.8. The van der Waals surface area contributed by atoms with Gasteiger partial charge in [-0.3, -0.25) is 0 Å². The molecule has 1 rings (SSSR count). The zero-order valence-electron chi connectivity index (χ0n) is 11.6. The van der Waals surface area contributed by atoms with E-state index in [2.05, 4.69) is 20.7 Å². The van der Waals surface area contributed by atoms with Gasteiger partial charge in [0.25, 0.3) is 0 Å². The van der Waals surface area contributed by atoms with Gasteiger partial charge in [-0.1, -0.05) is 29.8 Å². The fourth-order valence-electron chi connectivity index (χ4n) is 1.59. The first-order valence-corrected chi connectivity index (χ1v) is 8.33. The summed E-state index contributed by atoms with van der Waals surface area (Å²) in [6.07, 6.45) is 0. The molecular weight excluding hydrogens is 330 g/mol. The largest absolute Gasteiger partial charge is 0.383 e. The smallest absolute Gasteiger partial charge is 0.240 e. The van der Waals surface area contributed by atoms with Gasteiger partial charge in [-0.2, -0.15) is 0 Å². The molecule has 1 unspecified atom stereocenters. The van der Waals surface area contributed by atoms with Crippen LogP contribution in [0.25, 0.3) is 0 Å². The Labute approximate surface area is 123 Å². The summed E-state index contributed by atoms with van der Waals surface area (Å²) in [5.74, 6) is 0.159. The van der Waals surface area contributed by atoms with E-state index in [0.717, 1.165) is 10.0 Å². The van der Waals surface area contributed by atoms with Crippen molar-refractivity contribution in [3.8, 4) is 0 Å². The molecule has 4 nitrogen and oxygen atoms in total. The van der Waals surface area contributed by atoms with Gasteiger partial charge in [-0.25, -0.2) is 13.1 Å². The van der Waals surface area contributed by atoms with Crippen LogP contribution in [-0.4, -0.2) is 28.2 Å². The molecule has 0 fully saturated rings. The fraction of sp³-hybridized carbons (Fsp3) is 0.538. The Balaban J connectivity index is 2.99. The van der Waals surface area contributed by atoms with Crippen LogP contribution < -0.4 is 4.72 Å². The summed E-state index contributed by atoms with van der Waals surface area (Å²) < 4.78 is 33.2. The highest BCUT2D eigenvalue weighted by Gasteiger charge is 2.22. The Kier molecular flexibility index (Phi) is 5.98. The molecule has 1 N–H and O–H groups in total. The number of halogens is 1. The number of hydrogen-bond donors (Lipinski definition) is 1. The fourth-order valence-corrected chi connectivity index (χ4v) is 3.29. The standard InChI is InChI=1S/C13H20BrNO3S/c1-9(2)13(8-18-4)15-19(16,17)11-5-6-12(14)10(3)7-11/h5-7,9,13,15H,8H2,1-4H3. The van der Waals surface area contributed by atoms with E-state index in [-0.39, 0.29) is 16.9 Å². The van der Waals surface area contributed by atoms with Gasteiger partial charge in [-0.05, 0) is 36.6 Å². The molecule has 0 saturated heterocycles. The monoisotopic (exact) mass is 349 g/mol. The summed E-state index contributed by atoms with van der Waals surface area (Å²) in [6.45, 7) is 6.13. The highest BCUT2D eigenvalue weighted by Crippen LogP contribution is 2.20. The van der Waals surface area contributed by atoms with E-state index in [0.29, 0.717) is 6.61 Å². The van der Waals surface area contributed by atoms with Crippen LogP contribution in [0.5, 0.6) is 0 Å². The van der Waals surface area contributed by atoms with Crippen molar-refractivity contribution in [2.75, 3.05) is 13.7 Å². The van der Waals surface area contributed by atoms with E-state index in [1.54, 1.807) is 25.3 Å². The molecule has 0 heterocycles. The van der Waals surface area contributed by atoms with Crippen molar-refractivity contribution in [3.05, 3.63) is 28.2 Å². The molecule has 1 atom stereocenters. The number of benzene rings is 1. The van der Waals surface area contributed by atoms with Crippen molar-refractivity contribution in [2.24, 2.45) is 5.92 Å². The molecule has 0 amide bonds. The SMILES string of the molecule is COCC(NS(=O)(=O)c1ccc(Br)c(C)c1)C(C)C. The number of sulfonamides is 1. The van der Waals surface area contributed by atoms with E-state index in [1.165, 1.54) is 0 Å². The van der Waals surface area contributed by atoms with Crippen LogP contribution in [-0.2, 0) is 14.8 Å². The summed E-state index contributed by atoms with van der Waals surface area (Å²) >= 11 is 3.36. The van der Waals surface area contributed by atoms with E-state index in [9.17, 15) is 8.42 Å². The summed E-state index contributed by atoms with van der Waals surface area (Å²) in [4.78, 5) is 0.273. The van der Waals surface area contributed by atoms with Crippen LogP contribution in [0, 0.1) is 12.8 Å². The third kappa shape index (κ3) is 4.56. The van der Waals surface area contributed by atoms with Gasteiger partial charge in [0.15, 0.2) is 0 Å². The van der Waals surface area contributed by atoms with Gasteiger partial charge in [0, 0.05) is 17.6 Å². The van der Waals surface area contributed by atoms with Crippen molar-refractivity contribution < 1.29 is 13.2 Å². The van der Waals surface area contributed by atoms with Crippen molar-refractivity contribution in [1.82, 2.24) is 4.72 Å². The van der Waals surface area contributed by atoms with Gasteiger partial charge in [0.1, 0.15) is 0 Å². The highest BCUT2D eigenvalue weighted by atomic mass is 79.9. The average molecular weight is 350 g/mol. The number of nitrogens with one attached hydrogen (secondary N) is 1. The molecule has 1 aromatic rings. The lowest BCUT2D eigenvalue weighted by Crippen LogP contribution is -2.41. The quantitative estimate of drug-likeness (QED) is 0.858. The van der Waals surface area contributed by atoms with Gasteiger partial charge in [0.05, 0.1) is 11.5 Å². The van der Waals surface area contributed by atoms with Gasteiger partial charge >= 0.3 is 0 Å². The first kappa shape index (κ1) is 16.6. The third-order valence-corrected chi connectivity index (χ3v) is 5.27. The highest BCUT2D eigenvalue weighted by molar-refractivity contribution is 9.10. The van der Waals surface area contributed by atoms with Crippen LogP contribution in [0.1, 0.15) is 19.4 Å². The summed E-state index contributed by atoms with van der Waals surface area (Å²) in [6, 6.07) is 4.74. The lowest BCUT2D eigenvalue weighted by Gasteiger charge is -2.21. The lowest BCUT2D eigenvalue weighted by atomic mass is 10.1. The first-order chi connectivity index (χ1) is 8.77. The average Bonchev–Trinajstić information content (AvgIpc) is 2.31. The van der Waals surface area contributed by atoms with Gasteiger partial charge < -0.3 is 4.74 Å². The molecule has 1 aromatic carbocycles. The number of methoxy groups -OCH3 is 1. The number of hydrogen-bond acceptors (Lipinski definition) is 3. The zero-order valence-corrected chi connectivity index (χ0v) is 14.0. The minimum Gasteiger partial charge on any atom is -0.383 e. The van der Waals surface area contributed by atoms with Crippen LogP contribution >= 0.6 is 15.9 Å². The van der Waals surface area contributed by atoms with Crippen LogP contribution in [0.15, 0.2) is 27.6 Å². The van der Waals surface area contributed by atoms with Crippen molar-refractivity contribution in [3.63, 3.8) is 0 Å². The molecular formula is C13H20BrNO3S. The second-order valence-corrected chi connectivity index (χ2v) is 7.41. The van der Waals surface area contributed by atoms with Crippen molar-refractivity contribution >= 4 is 26.0 Å². The summed E-state index contributed by atoms with van der Waals surface area (Å²) in [7, 11) is -1.95. The predicted molar refractivity (Wildman–Crippen MR) is 79.7 cm³/mol. The van der Waals surface area contributed by atoms with E-state index in [1.807, 2.05) is 20.8 Å². The number of rotatable bonds is 6. The third-order valence-electron chi connectivity index (χ3n) is 2.90. The maximum absolute atomic E-state index is 12.3.